The van der Waals surface area contributed by atoms with Crippen LogP contribution in [0.3, 0.4) is 0 Å². The van der Waals surface area contributed by atoms with Crippen molar-refractivity contribution in [3.63, 3.8) is 0 Å². The topological polar surface area (TPSA) is 85.1 Å². The van der Waals surface area contributed by atoms with Gasteiger partial charge in [-0.25, -0.2) is 18.1 Å². The van der Waals surface area contributed by atoms with Gasteiger partial charge in [-0.3, -0.25) is 0 Å². The van der Waals surface area contributed by atoms with E-state index < -0.39 is 10.0 Å². The maximum absolute atomic E-state index is 12.3. The number of benzene rings is 1. The van der Waals surface area contributed by atoms with Gasteiger partial charge in [0.2, 0.25) is 10.0 Å². The third-order valence-corrected chi connectivity index (χ3v) is 5.38. The summed E-state index contributed by atoms with van der Waals surface area (Å²) in [6.45, 7) is 3.62. The van der Waals surface area contributed by atoms with E-state index in [1.54, 1.807) is 37.4 Å². The predicted molar refractivity (Wildman–Crippen MR) is 79.9 cm³/mol. The van der Waals surface area contributed by atoms with Crippen LogP contribution in [0.1, 0.15) is 36.5 Å². The number of nitrogens with two attached hydrogens (primary N) is 1. The zero-order chi connectivity index (χ0) is 14.8. The molecule has 0 amide bonds. The van der Waals surface area contributed by atoms with Gasteiger partial charge in [-0.15, -0.1) is 11.3 Å². The molecule has 5 nitrogen and oxygen atoms in total. The van der Waals surface area contributed by atoms with Crippen LogP contribution in [0, 0.1) is 0 Å². The lowest BCUT2D eigenvalue weighted by Gasteiger charge is -2.13. The number of nitrogens with one attached hydrogen (secondary N) is 1. The highest BCUT2D eigenvalue weighted by molar-refractivity contribution is 7.89. The molecule has 108 valence electrons. The Balaban J connectivity index is 2.18. The van der Waals surface area contributed by atoms with Crippen molar-refractivity contribution in [3.8, 4) is 0 Å². The Hall–Kier alpha value is -1.28. The highest BCUT2D eigenvalue weighted by Crippen LogP contribution is 2.19. The first-order valence-corrected chi connectivity index (χ1v) is 8.53. The third-order valence-electron chi connectivity index (χ3n) is 2.87. The van der Waals surface area contributed by atoms with Gasteiger partial charge in [-0.1, -0.05) is 12.1 Å². The molecular weight excluding hydrogens is 294 g/mol. The van der Waals surface area contributed by atoms with Gasteiger partial charge in [0.05, 0.1) is 10.9 Å². The lowest BCUT2D eigenvalue weighted by atomic mass is 10.1. The van der Waals surface area contributed by atoms with Crippen molar-refractivity contribution >= 4 is 21.4 Å². The van der Waals surface area contributed by atoms with Crippen LogP contribution in [0.25, 0.3) is 0 Å². The van der Waals surface area contributed by atoms with Crippen LogP contribution in [0.2, 0.25) is 0 Å². The van der Waals surface area contributed by atoms with Gasteiger partial charge in [0.1, 0.15) is 5.01 Å². The molecule has 2 atom stereocenters. The quantitative estimate of drug-likeness (QED) is 0.886. The molecule has 1 aromatic carbocycles. The molecule has 20 heavy (non-hydrogen) atoms. The number of thiazole rings is 1. The van der Waals surface area contributed by atoms with Gasteiger partial charge in [0.15, 0.2) is 0 Å². The molecule has 0 saturated heterocycles. The summed E-state index contributed by atoms with van der Waals surface area (Å²) in [6.07, 6.45) is 1.65. The molecule has 0 aliphatic rings. The molecular formula is C13H17N3O2S2. The van der Waals surface area contributed by atoms with Crippen LogP contribution in [-0.2, 0) is 10.0 Å². The monoisotopic (exact) mass is 311 g/mol. The van der Waals surface area contributed by atoms with Crippen LogP contribution in [0.4, 0.5) is 0 Å². The molecule has 0 bridgehead atoms. The molecule has 0 radical (unpaired) electrons. The summed E-state index contributed by atoms with van der Waals surface area (Å²) in [6, 6.07) is 6.12. The summed E-state index contributed by atoms with van der Waals surface area (Å²) in [7, 11) is -3.55. The number of rotatable bonds is 5. The molecule has 7 heteroatoms. The van der Waals surface area contributed by atoms with E-state index in [4.69, 9.17) is 5.73 Å². The normalized spacial score (nSPS) is 14.9. The van der Waals surface area contributed by atoms with Crippen LogP contribution < -0.4 is 10.5 Å². The summed E-state index contributed by atoms with van der Waals surface area (Å²) < 4.78 is 27.1. The minimum absolute atomic E-state index is 0.117. The number of sulfonamides is 1. The van der Waals surface area contributed by atoms with Crippen molar-refractivity contribution in [2.45, 2.75) is 30.8 Å². The van der Waals surface area contributed by atoms with E-state index in [9.17, 15) is 8.42 Å². The first-order chi connectivity index (χ1) is 9.40. The average molecular weight is 311 g/mol. The third kappa shape index (κ3) is 3.43. The first kappa shape index (κ1) is 15.1. The lowest BCUT2D eigenvalue weighted by molar-refractivity contribution is 0.566. The number of nitrogens with zero attached hydrogens (tertiary/aromatic N) is 1. The molecule has 0 spiro atoms. The van der Waals surface area contributed by atoms with Crippen molar-refractivity contribution in [1.82, 2.24) is 9.71 Å². The van der Waals surface area contributed by atoms with E-state index in [0.717, 1.165) is 10.6 Å². The minimum atomic E-state index is -3.55. The standard InChI is InChI=1S/C13H17N3O2S2/c1-9(14)11-3-5-12(6-4-11)20(17,18)16-10(2)13-15-7-8-19-13/h3-10,16H,14H2,1-2H3. The second kappa shape index (κ2) is 6.01. The number of aromatic nitrogens is 1. The molecule has 2 unspecified atom stereocenters. The Labute approximate surface area is 122 Å². The Morgan fingerprint density at radius 1 is 1.25 bits per heavy atom. The zero-order valence-electron chi connectivity index (χ0n) is 11.3. The Bertz CT molecular complexity index is 649. The molecule has 2 aromatic rings. The maximum Gasteiger partial charge on any atom is 0.241 e. The fourth-order valence-electron chi connectivity index (χ4n) is 1.75. The van der Waals surface area contributed by atoms with Crippen molar-refractivity contribution < 1.29 is 8.42 Å². The summed E-state index contributed by atoms with van der Waals surface area (Å²) in [5.41, 5.74) is 6.65. The van der Waals surface area contributed by atoms with Gasteiger partial charge < -0.3 is 5.73 Å². The number of hydrogen-bond donors (Lipinski definition) is 2. The van der Waals surface area contributed by atoms with Gasteiger partial charge >= 0.3 is 0 Å². The van der Waals surface area contributed by atoms with Gasteiger partial charge in [-0.2, -0.15) is 0 Å². The molecule has 0 fully saturated rings. The van der Waals surface area contributed by atoms with Gasteiger partial charge in [0.25, 0.3) is 0 Å². The molecule has 0 saturated carbocycles. The van der Waals surface area contributed by atoms with Crippen molar-refractivity contribution in [1.29, 1.82) is 0 Å². The highest BCUT2D eigenvalue weighted by atomic mass is 32.2. The smallest absolute Gasteiger partial charge is 0.241 e. The van der Waals surface area contributed by atoms with E-state index in [1.807, 2.05) is 12.3 Å². The first-order valence-electron chi connectivity index (χ1n) is 6.17. The van der Waals surface area contributed by atoms with E-state index in [-0.39, 0.29) is 17.0 Å². The van der Waals surface area contributed by atoms with Crippen molar-refractivity contribution in [3.05, 3.63) is 46.4 Å². The Morgan fingerprint density at radius 3 is 2.40 bits per heavy atom. The van der Waals surface area contributed by atoms with Crippen LogP contribution in [-0.4, -0.2) is 13.4 Å². The second-order valence-electron chi connectivity index (χ2n) is 4.57. The van der Waals surface area contributed by atoms with E-state index in [2.05, 4.69) is 9.71 Å². The summed E-state index contributed by atoms with van der Waals surface area (Å²) in [5, 5.41) is 2.55. The van der Waals surface area contributed by atoms with Crippen LogP contribution in [0.15, 0.2) is 40.7 Å². The molecule has 1 heterocycles. The van der Waals surface area contributed by atoms with Crippen LogP contribution >= 0.6 is 11.3 Å². The molecule has 0 aliphatic heterocycles. The van der Waals surface area contributed by atoms with Gasteiger partial charge in [-0.05, 0) is 31.5 Å². The van der Waals surface area contributed by atoms with E-state index >= 15 is 0 Å². The molecule has 2 rings (SSSR count). The maximum atomic E-state index is 12.3. The van der Waals surface area contributed by atoms with E-state index in [1.165, 1.54) is 11.3 Å². The number of hydrogen-bond acceptors (Lipinski definition) is 5. The fourth-order valence-corrected chi connectivity index (χ4v) is 3.68. The largest absolute Gasteiger partial charge is 0.324 e. The van der Waals surface area contributed by atoms with E-state index in [0.29, 0.717) is 0 Å². The molecule has 0 aliphatic carbocycles. The SMILES string of the molecule is CC(N)c1ccc(S(=O)(=O)NC(C)c2nccs2)cc1. The summed E-state index contributed by atoms with van der Waals surface area (Å²) >= 11 is 1.42. The summed E-state index contributed by atoms with van der Waals surface area (Å²) in [5.74, 6) is 0. The second-order valence-corrected chi connectivity index (χ2v) is 7.21. The lowest BCUT2D eigenvalue weighted by Crippen LogP contribution is -2.26. The minimum Gasteiger partial charge on any atom is -0.324 e. The Morgan fingerprint density at radius 2 is 1.90 bits per heavy atom. The van der Waals surface area contributed by atoms with Crippen molar-refractivity contribution in [2.24, 2.45) is 5.73 Å². The molecule has 3 N–H and O–H groups in total. The van der Waals surface area contributed by atoms with Crippen molar-refractivity contribution in [2.75, 3.05) is 0 Å². The predicted octanol–water partition coefficient (Wildman–Crippen LogP) is 2.20. The average Bonchev–Trinajstić information content (AvgIpc) is 2.92. The Kier molecular flexibility index (Phi) is 4.54. The van der Waals surface area contributed by atoms with Gasteiger partial charge in [0, 0.05) is 17.6 Å². The fraction of sp³-hybridized carbons (Fsp3) is 0.308. The van der Waals surface area contributed by atoms with Crippen LogP contribution in [0.5, 0.6) is 0 Å². The summed E-state index contributed by atoms with van der Waals surface area (Å²) in [4.78, 5) is 4.33. The zero-order valence-corrected chi connectivity index (χ0v) is 12.9. The highest BCUT2D eigenvalue weighted by Gasteiger charge is 2.19. The molecule has 1 aromatic heterocycles.